The Hall–Kier alpha value is -5.65. The van der Waals surface area contributed by atoms with E-state index < -0.39 is 126 Å². The van der Waals surface area contributed by atoms with Gasteiger partial charge in [0.1, 0.15) is 30.6 Å². The van der Waals surface area contributed by atoms with Gasteiger partial charge in [-0.2, -0.15) is 8.78 Å². The number of piperazine rings is 1. The van der Waals surface area contributed by atoms with E-state index in [1.54, 1.807) is 17.0 Å². The van der Waals surface area contributed by atoms with Gasteiger partial charge in [-0.25, -0.2) is 18.0 Å². The fourth-order valence-electron chi connectivity index (χ4n) is 8.75. The number of carboxylic acids is 2. The van der Waals surface area contributed by atoms with Crippen LogP contribution in [0.2, 0.25) is 0 Å². The van der Waals surface area contributed by atoms with Crippen molar-refractivity contribution >= 4 is 41.3 Å². The first kappa shape index (κ1) is 58.2. The van der Waals surface area contributed by atoms with Crippen molar-refractivity contribution < 1.29 is 114 Å². The summed E-state index contributed by atoms with van der Waals surface area (Å²) >= 11 is 0. The van der Waals surface area contributed by atoms with Crippen molar-refractivity contribution in [3.63, 3.8) is 0 Å². The first-order chi connectivity index (χ1) is 34.2. The normalized spacial score (nSPS) is 25.1. The molecule has 73 heavy (non-hydrogen) atoms. The van der Waals surface area contributed by atoms with Gasteiger partial charge in [-0.05, 0) is 31.0 Å². The van der Waals surface area contributed by atoms with E-state index in [4.69, 9.17) is 28.4 Å². The number of nitrogens with zero attached hydrogens (tertiary/aromatic N) is 2. The molecule has 0 aliphatic carbocycles. The molecule has 3 amide bonds. The fraction of sp³-hybridized carbons (Fsp3) is 0.587. The molecule has 2 aromatic rings. The van der Waals surface area contributed by atoms with Crippen molar-refractivity contribution in [1.29, 1.82) is 0 Å². The maximum atomic E-state index is 13.7. The predicted octanol–water partition coefficient (Wildman–Crippen LogP) is 0.651. The Balaban J connectivity index is 0.00000988. The third-order valence-electron chi connectivity index (χ3n) is 12.6. The molecule has 406 valence electrons. The average molecular weight is 1050 g/mol. The number of aliphatic hydroxyl groups excluding tert-OH is 3. The highest BCUT2D eigenvalue weighted by atomic mass is 19.2. The van der Waals surface area contributed by atoms with Crippen molar-refractivity contribution in [2.45, 2.75) is 81.6 Å². The van der Waals surface area contributed by atoms with Gasteiger partial charge in [-0.3, -0.25) is 24.0 Å². The number of aliphatic carboxylic acids is 2. The molecule has 4 heterocycles. The minimum atomic E-state index is -2.40. The van der Waals surface area contributed by atoms with Crippen LogP contribution >= 0.6 is 0 Å². The van der Waals surface area contributed by atoms with Crippen molar-refractivity contribution in [1.82, 2.24) is 10.2 Å². The van der Waals surface area contributed by atoms with Crippen molar-refractivity contribution in [3.05, 3.63) is 60.3 Å². The van der Waals surface area contributed by atoms with Crippen LogP contribution in [-0.4, -0.2) is 193 Å². The number of ether oxygens (including phenoxy) is 7. The summed E-state index contributed by atoms with van der Waals surface area (Å²) in [4.78, 5) is 76.5. The third kappa shape index (κ3) is 14.6. The summed E-state index contributed by atoms with van der Waals surface area (Å²) in [6, 6.07) is 4.68. The first-order valence-electron chi connectivity index (χ1n) is 22.9. The molecule has 0 spiro atoms. The number of likely N-dealkylation sites (N-methyl/N-ethyl adjacent to an activating group) is 1. The van der Waals surface area contributed by atoms with Crippen LogP contribution in [0.15, 0.2) is 18.2 Å². The number of aliphatic hydroxyl groups is 3. The molecular formula is C46H59F5N4O18. The third-order valence-corrected chi connectivity index (χ3v) is 12.6. The number of rotatable bonds is 24. The number of hydrogen-bond donors (Lipinski definition) is 7. The number of hydrogen-bond acceptors (Lipinski definition) is 16. The molecule has 27 heteroatoms. The molecule has 2 aromatic carbocycles. The van der Waals surface area contributed by atoms with Crippen LogP contribution in [0.5, 0.6) is 11.5 Å². The number of quaternary nitrogens is 1. The summed E-state index contributed by atoms with van der Waals surface area (Å²) in [6.45, 7) is 1.74. The van der Waals surface area contributed by atoms with Crippen LogP contribution in [0.1, 0.15) is 37.7 Å². The van der Waals surface area contributed by atoms with Crippen LogP contribution in [-0.2, 0) is 59.0 Å². The van der Waals surface area contributed by atoms with Gasteiger partial charge >= 0.3 is 17.9 Å². The number of amides is 3. The summed E-state index contributed by atoms with van der Waals surface area (Å²) in [7, 11) is 1.97. The van der Waals surface area contributed by atoms with E-state index >= 15 is 0 Å². The second-order valence-corrected chi connectivity index (χ2v) is 17.8. The minimum Gasteiger partial charge on any atom is -0.481 e. The molecule has 0 radical (unpaired) electrons. The Labute approximate surface area is 414 Å². The van der Waals surface area contributed by atoms with Crippen LogP contribution in [0.25, 0.3) is 0 Å². The Morgan fingerprint density at radius 1 is 0.712 bits per heavy atom. The Kier molecular flexibility index (Phi) is 20.8. The van der Waals surface area contributed by atoms with Gasteiger partial charge in [-0.1, -0.05) is 0 Å². The molecule has 7 N–H and O–H groups in total. The van der Waals surface area contributed by atoms with E-state index in [-0.39, 0.29) is 83.8 Å². The molecule has 4 aliphatic heterocycles. The number of carbonyl (C=O) groups is 6. The zero-order chi connectivity index (χ0) is 52.4. The summed E-state index contributed by atoms with van der Waals surface area (Å²) in [5.41, 5.74) is 0.741. The smallest absolute Gasteiger partial charge is 0.335 e. The van der Waals surface area contributed by atoms with Gasteiger partial charge in [0, 0.05) is 24.9 Å². The molecule has 9 atom stereocenters. The Morgan fingerprint density at radius 2 is 1.29 bits per heavy atom. The van der Waals surface area contributed by atoms with Crippen LogP contribution in [0, 0.1) is 48.3 Å². The standard InChI is InChI=1S/C45H55F5N4O18.CH3/c1-54(12-10-53(11-13-54)42(61)30-25-4-5-26(69-25)31(30)43(62)63)21-22-2-3-24(70-45-39(60)37(58)38(59)41(72-45)44(64)65)23(20-22)52-28(56)6-9-51-27(55)7-14-66-16-18-68-19-17-67-15-8-29(57)71-40-35(49)33(47)32(46)34(48)36(40)50;/h2-3,20,25-26,30-31,37-39,41,45,58-60H,4-19,21H2,1H3,(H3-,51,52,55,56,62,63,64,65);1H3/q;-1/p+1/t25?,26?,30?,31?,37-,38-,39+,41-,45+;/m0./s1. The number of anilines is 1. The van der Waals surface area contributed by atoms with Crippen molar-refractivity contribution in [2.24, 2.45) is 11.8 Å². The Bertz CT molecular complexity index is 2280. The van der Waals surface area contributed by atoms with E-state index in [1.165, 1.54) is 6.07 Å². The molecule has 0 aromatic heterocycles. The van der Waals surface area contributed by atoms with Gasteiger partial charge in [0.15, 0.2) is 6.10 Å². The molecule has 6 rings (SSSR count). The highest BCUT2D eigenvalue weighted by Gasteiger charge is 2.57. The lowest BCUT2D eigenvalue weighted by Crippen LogP contribution is -2.61. The zero-order valence-electron chi connectivity index (χ0n) is 39.8. The molecule has 4 saturated heterocycles. The zero-order valence-corrected chi connectivity index (χ0v) is 39.8. The molecule has 0 saturated carbocycles. The second kappa shape index (κ2) is 26.0. The predicted molar refractivity (Wildman–Crippen MR) is 236 cm³/mol. The number of nitrogens with one attached hydrogen (secondary N) is 2. The summed E-state index contributed by atoms with van der Waals surface area (Å²) in [5.74, 6) is -20.3. The maximum absolute atomic E-state index is 13.7. The van der Waals surface area contributed by atoms with E-state index in [0.717, 1.165) is 0 Å². The molecule has 22 nitrogen and oxygen atoms in total. The van der Waals surface area contributed by atoms with Crippen LogP contribution < -0.4 is 20.1 Å². The topological polar surface area (TPSA) is 295 Å². The number of benzene rings is 2. The van der Waals surface area contributed by atoms with Crippen LogP contribution in [0.4, 0.5) is 27.6 Å². The van der Waals surface area contributed by atoms with Gasteiger partial charge in [0.25, 0.3) is 0 Å². The molecule has 2 bridgehead atoms. The largest absolute Gasteiger partial charge is 0.481 e. The number of halogens is 5. The van der Waals surface area contributed by atoms with E-state index in [0.29, 0.717) is 55.6 Å². The highest BCUT2D eigenvalue weighted by molar-refractivity contribution is 5.93. The number of carbonyl (C=O) groups excluding carboxylic acids is 4. The summed E-state index contributed by atoms with van der Waals surface area (Å²) in [5, 5.41) is 55.8. The SMILES string of the molecule is C[N+]1(Cc2ccc(O[C@@H]3O[C@H](C(=O)O)[C@@H](O)[C@H](O)[C@H]3O)c(NC(=O)CCNC(=O)CCOCCOCCOCCC(=O)Oc3c(F)c(F)c(F)c(F)c3F)c2)CCN(C(=O)C2C3CCC(O3)C2C(=O)O)CC1.[CH3-]. The van der Waals surface area contributed by atoms with Gasteiger partial charge < -0.3 is 86.1 Å². The Morgan fingerprint density at radius 3 is 1.89 bits per heavy atom. The molecule has 4 fully saturated rings. The second-order valence-electron chi connectivity index (χ2n) is 17.8. The van der Waals surface area contributed by atoms with Crippen molar-refractivity contribution in [3.8, 4) is 11.5 Å². The van der Waals surface area contributed by atoms with Gasteiger partial charge in [0.2, 0.25) is 58.8 Å². The monoisotopic (exact) mass is 1050 g/mol. The fourth-order valence-corrected chi connectivity index (χ4v) is 8.75. The van der Waals surface area contributed by atoms with E-state index in [1.807, 2.05) is 7.05 Å². The van der Waals surface area contributed by atoms with Crippen LogP contribution in [0.3, 0.4) is 0 Å². The number of carboxylic acid groups (broad SMARTS) is 2. The maximum Gasteiger partial charge on any atom is 0.335 e. The molecular weight excluding hydrogens is 992 g/mol. The first-order valence-corrected chi connectivity index (χ1v) is 22.9. The summed E-state index contributed by atoms with van der Waals surface area (Å²) in [6.07, 6.45) is -10.2. The minimum absolute atomic E-state index is 0. The summed E-state index contributed by atoms with van der Waals surface area (Å²) < 4.78 is 104. The average Bonchev–Trinajstić information content (AvgIpc) is 3.97. The quantitative estimate of drug-likeness (QED) is 0.0111. The number of esters is 1. The van der Waals surface area contributed by atoms with Gasteiger partial charge in [0.05, 0.1) is 109 Å². The highest BCUT2D eigenvalue weighted by Crippen LogP contribution is 2.45. The van der Waals surface area contributed by atoms with Crippen molar-refractivity contribution in [2.75, 3.05) is 84.7 Å². The lowest BCUT2D eigenvalue weighted by molar-refractivity contribution is -0.926. The lowest BCUT2D eigenvalue weighted by atomic mass is 9.78. The van der Waals surface area contributed by atoms with Gasteiger partial charge in [-0.15, -0.1) is 0 Å². The van der Waals surface area contributed by atoms with E-state index in [2.05, 4.69) is 15.4 Å². The molecule has 4 unspecified atom stereocenters. The number of fused-ring (bicyclic) bond motifs is 2. The molecule has 4 aliphatic rings. The lowest BCUT2D eigenvalue weighted by Gasteiger charge is -2.43. The van der Waals surface area contributed by atoms with E-state index in [9.17, 15) is 76.3 Å².